The lowest BCUT2D eigenvalue weighted by molar-refractivity contribution is -0.121. The van der Waals surface area contributed by atoms with Gasteiger partial charge < -0.3 is 10.4 Å². The van der Waals surface area contributed by atoms with Crippen molar-refractivity contribution in [2.45, 2.75) is 50.7 Å². The van der Waals surface area contributed by atoms with Crippen LogP contribution in [0.1, 0.15) is 38.5 Å². The van der Waals surface area contributed by atoms with E-state index >= 15 is 0 Å². The van der Waals surface area contributed by atoms with Crippen molar-refractivity contribution in [1.29, 1.82) is 0 Å². The van der Waals surface area contributed by atoms with Crippen molar-refractivity contribution in [3.05, 3.63) is 0 Å². The first-order valence-electron chi connectivity index (χ1n) is 7.14. The van der Waals surface area contributed by atoms with Gasteiger partial charge in [-0.25, -0.2) is 4.79 Å². The predicted octanol–water partition coefficient (Wildman–Crippen LogP) is 0.212. The second-order valence-electron chi connectivity index (χ2n) is 5.53. The number of hydrogen-bond donors (Lipinski definition) is 3. The first kappa shape index (κ1) is 14.3. The number of nitrogens with one attached hydrogen (secondary N) is 2. The van der Waals surface area contributed by atoms with Crippen molar-refractivity contribution in [2.75, 3.05) is 19.6 Å². The molecule has 2 aliphatic rings. The molecule has 0 spiro atoms. The van der Waals surface area contributed by atoms with E-state index in [-0.39, 0.29) is 24.6 Å². The van der Waals surface area contributed by atoms with Gasteiger partial charge in [0.05, 0.1) is 12.6 Å². The molecule has 0 unspecified atom stereocenters. The van der Waals surface area contributed by atoms with Crippen LogP contribution in [0.25, 0.3) is 0 Å². The molecule has 3 amide bonds. The number of aliphatic hydroxyl groups excluding tert-OH is 1. The van der Waals surface area contributed by atoms with Crippen LogP contribution >= 0.6 is 0 Å². The van der Waals surface area contributed by atoms with E-state index in [2.05, 4.69) is 10.6 Å². The van der Waals surface area contributed by atoms with Gasteiger partial charge in [0.25, 0.3) is 0 Å². The van der Waals surface area contributed by atoms with E-state index in [4.69, 9.17) is 0 Å². The van der Waals surface area contributed by atoms with E-state index in [0.717, 1.165) is 25.7 Å². The van der Waals surface area contributed by atoms with E-state index in [1.807, 2.05) is 4.90 Å². The molecular weight excluding hydrogens is 246 g/mol. The van der Waals surface area contributed by atoms with Crippen molar-refractivity contribution in [3.63, 3.8) is 0 Å². The number of hydrogen-bond acceptors (Lipinski definition) is 4. The Kier molecular flexibility index (Phi) is 5.15. The average Bonchev–Trinajstić information content (AvgIpc) is 2.75. The van der Waals surface area contributed by atoms with Crippen LogP contribution in [0.2, 0.25) is 0 Å². The normalized spacial score (nSPS) is 25.2. The summed E-state index contributed by atoms with van der Waals surface area (Å²) in [5.41, 5.74) is 0. The third-order valence-electron chi connectivity index (χ3n) is 3.81. The molecule has 1 heterocycles. The molecule has 108 valence electrons. The fraction of sp³-hybridized carbons (Fsp3) is 0.846. The Bertz CT molecular complexity index is 312. The maximum absolute atomic E-state index is 11.7. The number of imide groups is 1. The number of amides is 3. The van der Waals surface area contributed by atoms with Crippen LogP contribution in [0.5, 0.6) is 0 Å². The molecular formula is C13H23N3O3. The Morgan fingerprint density at radius 3 is 2.53 bits per heavy atom. The first-order chi connectivity index (χ1) is 9.13. The van der Waals surface area contributed by atoms with E-state index in [9.17, 15) is 14.7 Å². The van der Waals surface area contributed by atoms with Crippen molar-refractivity contribution in [3.8, 4) is 0 Å². The van der Waals surface area contributed by atoms with Crippen LogP contribution in [0.4, 0.5) is 4.79 Å². The quantitative estimate of drug-likeness (QED) is 0.684. The average molecular weight is 269 g/mol. The molecule has 6 nitrogen and oxygen atoms in total. The molecule has 1 aliphatic heterocycles. The molecule has 0 aromatic carbocycles. The topological polar surface area (TPSA) is 81.7 Å². The molecule has 0 aromatic heterocycles. The minimum Gasteiger partial charge on any atom is -0.392 e. The second kappa shape index (κ2) is 6.86. The van der Waals surface area contributed by atoms with Gasteiger partial charge >= 0.3 is 6.03 Å². The molecule has 1 atom stereocenters. The molecule has 3 N–H and O–H groups in total. The summed E-state index contributed by atoms with van der Waals surface area (Å²) < 4.78 is 0. The van der Waals surface area contributed by atoms with Crippen LogP contribution < -0.4 is 10.6 Å². The minimum absolute atomic E-state index is 0.176. The predicted molar refractivity (Wildman–Crippen MR) is 70.6 cm³/mol. The number of likely N-dealkylation sites (tertiary alicyclic amines) is 1. The van der Waals surface area contributed by atoms with Crippen LogP contribution in [-0.4, -0.2) is 53.7 Å². The maximum Gasteiger partial charge on any atom is 0.321 e. The van der Waals surface area contributed by atoms with Gasteiger partial charge in [0, 0.05) is 19.1 Å². The number of nitrogens with zero attached hydrogens (tertiary/aromatic N) is 1. The van der Waals surface area contributed by atoms with Crippen molar-refractivity contribution >= 4 is 11.9 Å². The zero-order valence-corrected chi connectivity index (χ0v) is 11.2. The highest BCUT2D eigenvalue weighted by Gasteiger charge is 2.23. The summed E-state index contributed by atoms with van der Waals surface area (Å²) in [5.74, 6) is -0.303. The largest absolute Gasteiger partial charge is 0.392 e. The Hall–Kier alpha value is -1.14. The van der Waals surface area contributed by atoms with E-state index < -0.39 is 6.03 Å². The number of rotatable bonds is 3. The fourth-order valence-corrected chi connectivity index (χ4v) is 2.79. The van der Waals surface area contributed by atoms with Crippen LogP contribution in [0.15, 0.2) is 0 Å². The molecule has 1 aliphatic carbocycles. The summed E-state index contributed by atoms with van der Waals surface area (Å²) in [6.07, 6.45) is 5.87. The molecule has 0 aromatic rings. The van der Waals surface area contributed by atoms with Crippen LogP contribution in [0.3, 0.4) is 0 Å². The van der Waals surface area contributed by atoms with Gasteiger partial charge in [-0.3, -0.25) is 15.0 Å². The number of β-amino-alcohol motifs (C(OH)–C–C–N with tert-alkyl or cyclic N) is 1. The third kappa shape index (κ3) is 4.80. The van der Waals surface area contributed by atoms with Gasteiger partial charge in [-0.15, -0.1) is 0 Å². The lowest BCUT2D eigenvalue weighted by atomic mass is 9.96. The van der Waals surface area contributed by atoms with Crippen LogP contribution in [-0.2, 0) is 4.79 Å². The lowest BCUT2D eigenvalue weighted by Gasteiger charge is -2.23. The number of urea groups is 1. The zero-order valence-electron chi connectivity index (χ0n) is 11.2. The highest BCUT2D eigenvalue weighted by atomic mass is 16.3. The monoisotopic (exact) mass is 269 g/mol. The second-order valence-corrected chi connectivity index (χ2v) is 5.53. The number of carbonyl (C=O) groups is 2. The lowest BCUT2D eigenvalue weighted by Crippen LogP contribution is -2.47. The first-order valence-corrected chi connectivity index (χ1v) is 7.14. The standard InChI is InChI=1S/C13H23N3O3/c17-11-6-7-16(8-11)9-12(18)15-13(19)14-10-4-2-1-3-5-10/h10-11,17H,1-9H2,(H2,14,15,18,19)/t11-/m0/s1. The van der Waals surface area contributed by atoms with Gasteiger partial charge in [0.15, 0.2) is 0 Å². The van der Waals surface area contributed by atoms with Crippen molar-refractivity contribution < 1.29 is 14.7 Å². The van der Waals surface area contributed by atoms with Crippen LogP contribution in [0, 0.1) is 0 Å². The summed E-state index contributed by atoms with van der Waals surface area (Å²) in [4.78, 5) is 25.2. The smallest absolute Gasteiger partial charge is 0.321 e. The molecule has 6 heteroatoms. The Morgan fingerprint density at radius 1 is 1.16 bits per heavy atom. The van der Waals surface area contributed by atoms with Gasteiger partial charge in [-0.05, 0) is 19.3 Å². The van der Waals surface area contributed by atoms with Crippen molar-refractivity contribution in [2.24, 2.45) is 0 Å². The number of carbonyl (C=O) groups excluding carboxylic acids is 2. The van der Waals surface area contributed by atoms with Gasteiger partial charge in [0.2, 0.25) is 5.91 Å². The summed E-state index contributed by atoms with van der Waals surface area (Å²) in [5, 5.41) is 14.6. The maximum atomic E-state index is 11.7. The van der Waals surface area contributed by atoms with Gasteiger partial charge in [-0.2, -0.15) is 0 Å². The van der Waals surface area contributed by atoms with Crippen molar-refractivity contribution in [1.82, 2.24) is 15.5 Å². The summed E-state index contributed by atoms with van der Waals surface area (Å²) in [6.45, 7) is 1.39. The van der Waals surface area contributed by atoms with Gasteiger partial charge in [-0.1, -0.05) is 19.3 Å². The van der Waals surface area contributed by atoms with E-state index in [1.165, 1.54) is 6.42 Å². The summed E-state index contributed by atoms with van der Waals surface area (Å²) in [6, 6.07) is -0.188. The molecule has 19 heavy (non-hydrogen) atoms. The zero-order chi connectivity index (χ0) is 13.7. The Labute approximate surface area is 113 Å². The molecule has 1 saturated heterocycles. The molecule has 1 saturated carbocycles. The SMILES string of the molecule is O=C(CN1CC[C@H](O)C1)NC(=O)NC1CCCCC1. The fourth-order valence-electron chi connectivity index (χ4n) is 2.79. The Morgan fingerprint density at radius 2 is 1.89 bits per heavy atom. The summed E-state index contributed by atoms with van der Waals surface area (Å²) >= 11 is 0. The summed E-state index contributed by atoms with van der Waals surface area (Å²) in [7, 11) is 0. The molecule has 2 fully saturated rings. The number of aliphatic hydroxyl groups is 1. The van der Waals surface area contributed by atoms with E-state index in [1.54, 1.807) is 0 Å². The molecule has 0 bridgehead atoms. The van der Waals surface area contributed by atoms with E-state index in [0.29, 0.717) is 19.5 Å². The molecule has 2 rings (SSSR count). The third-order valence-corrected chi connectivity index (χ3v) is 3.81. The van der Waals surface area contributed by atoms with Gasteiger partial charge in [0.1, 0.15) is 0 Å². The Balaban J connectivity index is 1.65. The highest BCUT2D eigenvalue weighted by molar-refractivity contribution is 5.95. The molecule has 0 radical (unpaired) electrons. The highest BCUT2D eigenvalue weighted by Crippen LogP contribution is 2.17. The minimum atomic E-state index is -0.392.